The van der Waals surface area contributed by atoms with Crippen molar-refractivity contribution in [1.29, 1.82) is 0 Å². The molecular formula is C14H11ClF3N3O3S. The van der Waals surface area contributed by atoms with Crippen LogP contribution in [-0.2, 0) is 21.0 Å². The number of pyridine rings is 1. The lowest BCUT2D eigenvalue weighted by Gasteiger charge is -2.16. The molecule has 1 aromatic carbocycles. The number of benzene rings is 1. The summed E-state index contributed by atoms with van der Waals surface area (Å²) >= 11 is 5.69. The lowest BCUT2D eigenvalue weighted by molar-refractivity contribution is -0.136. The first-order chi connectivity index (χ1) is 11.5. The Bertz CT molecular complexity index is 917. The molecule has 2 rings (SSSR count). The van der Waals surface area contributed by atoms with Gasteiger partial charge in [-0.25, -0.2) is 13.4 Å². The van der Waals surface area contributed by atoms with Crippen LogP contribution >= 0.6 is 11.6 Å². The summed E-state index contributed by atoms with van der Waals surface area (Å²) < 4.78 is 66.1. The molecule has 6 nitrogen and oxygen atoms in total. The predicted octanol–water partition coefficient (Wildman–Crippen LogP) is 3.51. The van der Waals surface area contributed by atoms with Gasteiger partial charge in [-0.2, -0.15) is 13.2 Å². The van der Waals surface area contributed by atoms with Gasteiger partial charge in [0, 0.05) is 18.8 Å². The normalized spacial score (nSPS) is 11.9. The quantitative estimate of drug-likeness (QED) is 0.778. The fourth-order valence-corrected chi connectivity index (χ4v) is 3.45. The van der Waals surface area contributed by atoms with Gasteiger partial charge in [-0.3, -0.25) is 9.52 Å². The Labute approximate surface area is 146 Å². The summed E-state index contributed by atoms with van der Waals surface area (Å²) in [6, 6.07) is 5.06. The van der Waals surface area contributed by atoms with Gasteiger partial charge in [-0.1, -0.05) is 11.6 Å². The Morgan fingerprint density at radius 1 is 1.24 bits per heavy atom. The number of carbonyl (C=O) groups is 1. The number of hydrogen-bond donors (Lipinski definition) is 2. The van der Waals surface area contributed by atoms with Crippen LogP contribution < -0.4 is 10.0 Å². The maximum Gasteiger partial charge on any atom is 0.418 e. The first-order valence-electron chi connectivity index (χ1n) is 6.63. The molecule has 2 aromatic rings. The van der Waals surface area contributed by atoms with E-state index in [-0.39, 0.29) is 10.8 Å². The molecular weight excluding hydrogens is 383 g/mol. The highest BCUT2D eigenvalue weighted by atomic mass is 35.5. The minimum Gasteiger partial charge on any atom is -0.326 e. The molecule has 0 aliphatic heterocycles. The molecule has 0 unspecified atom stereocenters. The lowest BCUT2D eigenvalue weighted by atomic mass is 10.1. The van der Waals surface area contributed by atoms with Gasteiger partial charge in [0.1, 0.15) is 10.0 Å². The van der Waals surface area contributed by atoms with Crippen molar-refractivity contribution < 1.29 is 26.4 Å². The van der Waals surface area contributed by atoms with Gasteiger partial charge in [0.15, 0.2) is 0 Å². The number of aromatic nitrogens is 1. The molecule has 11 heteroatoms. The topological polar surface area (TPSA) is 88.2 Å². The molecule has 0 saturated heterocycles. The molecule has 1 heterocycles. The first-order valence-corrected chi connectivity index (χ1v) is 8.49. The minimum absolute atomic E-state index is 0.123. The predicted molar refractivity (Wildman–Crippen MR) is 85.8 cm³/mol. The molecule has 0 fully saturated rings. The molecule has 0 radical (unpaired) electrons. The van der Waals surface area contributed by atoms with Crippen molar-refractivity contribution in [2.75, 3.05) is 10.0 Å². The summed E-state index contributed by atoms with van der Waals surface area (Å²) in [4.78, 5) is 14.1. The maximum absolute atomic E-state index is 13.2. The number of rotatable bonds is 4. The number of alkyl halides is 3. The Kier molecular flexibility index (Phi) is 5.23. The van der Waals surface area contributed by atoms with E-state index < -0.39 is 38.3 Å². The molecule has 1 aromatic heterocycles. The van der Waals surface area contributed by atoms with Crippen LogP contribution in [0.3, 0.4) is 0 Å². The van der Waals surface area contributed by atoms with E-state index in [9.17, 15) is 26.4 Å². The van der Waals surface area contributed by atoms with Crippen LogP contribution in [0.1, 0.15) is 12.5 Å². The van der Waals surface area contributed by atoms with Crippen molar-refractivity contribution in [3.05, 3.63) is 47.2 Å². The van der Waals surface area contributed by atoms with Crippen molar-refractivity contribution in [3.8, 4) is 0 Å². The number of amides is 1. The monoisotopic (exact) mass is 393 g/mol. The van der Waals surface area contributed by atoms with E-state index in [1.54, 1.807) is 0 Å². The van der Waals surface area contributed by atoms with Crippen LogP contribution in [0.2, 0.25) is 5.15 Å². The average molecular weight is 394 g/mol. The number of nitrogens with zero attached hydrogens (tertiary/aromatic N) is 1. The first kappa shape index (κ1) is 19.0. The third kappa shape index (κ3) is 4.60. The largest absolute Gasteiger partial charge is 0.418 e. The molecule has 0 bridgehead atoms. The van der Waals surface area contributed by atoms with E-state index in [4.69, 9.17) is 11.6 Å². The number of sulfonamides is 1. The smallest absolute Gasteiger partial charge is 0.326 e. The fourth-order valence-electron chi connectivity index (χ4n) is 1.92. The van der Waals surface area contributed by atoms with E-state index in [2.05, 4.69) is 10.3 Å². The van der Waals surface area contributed by atoms with E-state index >= 15 is 0 Å². The zero-order valence-electron chi connectivity index (χ0n) is 12.6. The number of hydrogen-bond acceptors (Lipinski definition) is 4. The Morgan fingerprint density at radius 2 is 1.92 bits per heavy atom. The molecule has 25 heavy (non-hydrogen) atoms. The van der Waals surface area contributed by atoms with Gasteiger partial charge < -0.3 is 5.32 Å². The second-order valence-electron chi connectivity index (χ2n) is 4.84. The number of anilines is 2. The molecule has 134 valence electrons. The molecule has 1 amide bonds. The molecule has 2 N–H and O–H groups in total. The molecule has 0 atom stereocenters. The van der Waals surface area contributed by atoms with E-state index in [0.717, 1.165) is 25.1 Å². The summed E-state index contributed by atoms with van der Waals surface area (Å²) in [5.74, 6) is -0.566. The maximum atomic E-state index is 13.2. The zero-order valence-corrected chi connectivity index (χ0v) is 14.1. The van der Waals surface area contributed by atoms with Crippen LogP contribution in [0.4, 0.5) is 24.5 Å². The molecule has 0 aliphatic carbocycles. The fraction of sp³-hybridized carbons (Fsp3) is 0.143. The van der Waals surface area contributed by atoms with Crippen LogP contribution in [0.5, 0.6) is 0 Å². The van der Waals surface area contributed by atoms with Gasteiger partial charge in [-0.05, 0) is 30.3 Å². The Morgan fingerprint density at radius 3 is 2.48 bits per heavy atom. The van der Waals surface area contributed by atoms with Crippen molar-refractivity contribution in [2.45, 2.75) is 18.0 Å². The van der Waals surface area contributed by atoms with Gasteiger partial charge in [0.25, 0.3) is 10.0 Å². The summed E-state index contributed by atoms with van der Waals surface area (Å²) in [5, 5.41) is 1.82. The summed E-state index contributed by atoms with van der Waals surface area (Å²) in [7, 11) is -4.39. The highest BCUT2D eigenvalue weighted by molar-refractivity contribution is 7.92. The summed E-state index contributed by atoms with van der Waals surface area (Å²) in [6.45, 7) is 1.13. The summed E-state index contributed by atoms with van der Waals surface area (Å²) in [6.07, 6.45) is -3.62. The van der Waals surface area contributed by atoms with Crippen LogP contribution in [0, 0.1) is 0 Å². The van der Waals surface area contributed by atoms with Crippen LogP contribution in [-0.4, -0.2) is 19.3 Å². The van der Waals surface area contributed by atoms with E-state index in [1.165, 1.54) is 12.3 Å². The SMILES string of the molecule is CC(=O)Nc1ccc(NS(=O)(=O)c2cccnc2Cl)c(C(F)(F)F)c1. The summed E-state index contributed by atoms with van der Waals surface area (Å²) in [5.41, 5.74) is -2.09. The number of nitrogens with one attached hydrogen (secondary N) is 2. The van der Waals surface area contributed by atoms with Gasteiger partial charge in [0.05, 0.1) is 11.3 Å². The van der Waals surface area contributed by atoms with Crippen LogP contribution in [0.25, 0.3) is 0 Å². The second-order valence-corrected chi connectivity index (χ2v) is 6.85. The lowest BCUT2D eigenvalue weighted by Crippen LogP contribution is -2.18. The third-order valence-corrected chi connectivity index (χ3v) is 4.71. The average Bonchev–Trinajstić information content (AvgIpc) is 2.47. The van der Waals surface area contributed by atoms with Crippen LogP contribution in [0.15, 0.2) is 41.4 Å². The Balaban J connectivity index is 2.48. The molecule has 0 spiro atoms. The van der Waals surface area contributed by atoms with Crippen molar-refractivity contribution in [3.63, 3.8) is 0 Å². The molecule has 0 aliphatic rings. The Hall–Kier alpha value is -2.33. The van der Waals surface area contributed by atoms with Crippen molar-refractivity contribution in [1.82, 2.24) is 4.98 Å². The van der Waals surface area contributed by atoms with E-state index in [0.29, 0.717) is 6.07 Å². The third-order valence-electron chi connectivity index (χ3n) is 2.90. The highest BCUT2D eigenvalue weighted by Gasteiger charge is 2.35. The number of halogens is 4. The highest BCUT2D eigenvalue weighted by Crippen LogP contribution is 2.37. The van der Waals surface area contributed by atoms with Gasteiger partial charge in [0.2, 0.25) is 5.91 Å². The van der Waals surface area contributed by atoms with Gasteiger partial charge >= 0.3 is 6.18 Å². The zero-order chi connectivity index (χ0) is 18.8. The van der Waals surface area contributed by atoms with E-state index in [1.807, 2.05) is 4.72 Å². The minimum atomic E-state index is -4.86. The van der Waals surface area contributed by atoms with Crippen molar-refractivity contribution >= 4 is 38.9 Å². The second kappa shape index (κ2) is 6.89. The standard InChI is InChI=1S/C14H11ClF3N3O3S/c1-8(22)20-9-4-5-11(10(7-9)14(16,17)18)21-25(23,24)12-3-2-6-19-13(12)15/h2-7,21H,1H3,(H,20,22). The molecule has 0 saturated carbocycles. The van der Waals surface area contributed by atoms with Crippen molar-refractivity contribution in [2.24, 2.45) is 0 Å². The number of carbonyl (C=O) groups excluding carboxylic acids is 1. The van der Waals surface area contributed by atoms with Gasteiger partial charge in [-0.15, -0.1) is 0 Å².